The molecule has 0 aliphatic rings. The van der Waals surface area contributed by atoms with Gasteiger partial charge in [0.25, 0.3) is 0 Å². The highest BCUT2D eigenvalue weighted by molar-refractivity contribution is 5.85. The molecule has 82 valence electrons. The van der Waals surface area contributed by atoms with Gasteiger partial charge in [0, 0.05) is 0 Å². The molecule has 0 saturated carbocycles. The Kier molecular flexibility index (Phi) is 7.47. The molecule has 0 atom stereocenters. The average Bonchev–Trinajstić information content (AvgIpc) is 1.98. The lowest BCUT2D eigenvalue weighted by molar-refractivity contribution is -0.138. The summed E-state index contributed by atoms with van der Waals surface area (Å²) in [6, 6.07) is 0. The normalized spacial score (nSPS) is 12.7. The van der Waals surface area contributed by atoms with Crippen molar-refractivity contribution in [2.45, 2.75) is 34.1 Å². The van der Waals surface area contributed by atoms with Crippen LogP contribution in [-0.4, -0.2) is 11.1 Å². The van der Waals surface area contributed by atoms with Crippen LogP contribution >= 0.6 is 12.4 Å². The summed E-state index contributed by atoms with van der Waals surface area (Å²) >= 11 is 0. The first-order chi connectivity index (χ1) is 5.87. The zero-order valence-corrected chi connectivity index (χ0v) is 10.0. The molecule has 0 aliphatic carbocycles. The van der Waals surface area contributed by atoms with Crippen molar-refractivity contribution in [1.29, 1.82) is 0 Å². The largest absolute Gasteiger partial charge is 0.481 e. The summed E-state index contributed by atoms with van der Waals surface area (Å²) in [6.07, 6.45) is 6.06. The molecule has 1 N–H and O–H groups in total. The predicted octanol–water partition coefficient (Wildman–Crippen LogP) is 3.43. The smallest absolute Gasteiger partial charge is 0.304 e. The number of hydrogen-bond donors (Lipinski definition) is 1. The van der Waals surface area contributed by atoms with E-state index in [1.165, 1.54) is 0 Å². The first-order valence-electron chi connectivity index (χ1n) is 4.41. The van der Waals surface area contributed by atoms with Crippen molar-refractivity contribution < 1.29 is 9.90 Å². The molecule has 0 unspecified atom stereocenters. The standard InChI is InChI=1S/C11H18O2.ClH/c1-5-9(2)6-7-11(3,4)8-10(12)13;/h5-7H,8H2,1-4H3,(H,12,13);1H. The molecule has 14 heavy (non-hydrogen) atoms. The van der Waals surface area contributed by atoms with Gasteiger partial charge >= 0.3 is 5.97 Å². The van der Waals surface area contributed by atoms with E-state index in [2.05, 4.69) is 0 Å². The second-order valence-electron chi connectivity index (χ2n) is 3.93. The van der Waals surface area contributed by atoms with Crippen molar-refractivity contribution in [3.8, 4) is 0 Å². The molecular weight excluding hydrogens is 200 g/mol. The molecule has 0 spiro atoms. The number of allylic oxidation sites excluding steroid dienone is 4. The van der Waals surface area contributed by atoms with Crippen LogP contribution < -0.4 is 0 Å². The van der Waals surface area contributed by atoms with Crippen molar-refractivity contribution >= 4 is 18.4 Å². The van der Waals surface area contributed by atoms with Crippen molar-refractivity contribution in [2.24, 2.45) is 5.41 Å². The van der Waals surface area contributed by atoms with E-state index >= 15 is 0 Å². The van der Waals surface area contributed by atoms with Crippen LogP contribution in [0.3, 0.4) is 0 Å². The molecule has 0 bridgehead atoms. The number of halogens is 1. The van der Waals surface area contributed by atoms with E-state index in [1.807, 2.05) is 45.9 Å². The molecule has 0 heterocycles. The average molecular weight is 219 g/mol. The van der Waals surface area contributed by atoms with E-state index in [-0.39, 0.29) is 24.2 Å². The fourth-order valence-electron chi connectivity index (χ4n) is 0.902. The highest BCUT2D eigenvalue weighted by Gasteiger charge is 2.17. The van der Waals surface area contributed by atoms with Gasteiger partial charge in [0.2, 0.25) is 0 Å². The molecule has 0 fully saturated rings. The van der Waals surface area contributed by atoms with Gasteiger partial charge in [-0.2, -0.15) is 0 Å². The second kappa shape index (κ2) is 6.66. The fourth-order valence-corrected chi connectivity index (χ4v) is 0.902. The monoisotopic (exact) mass is 218 g/mol. The van der Waals surface area contributed by atoms with Crippen molar-refractivity contribution in [3.63, 3.8) is 0 Å². The Bertz CT molecular complexity index is 240. The van der Waals surface area contributed by atoms with Crippen molar-refractivity contribution in [3.05, 3.63) is 23.8 Å². The van der Waals surface area contributed by atoms with Gasteiger partial charge < -0.3 is 5.11 Å². The van der Waals surface area contributed by atoms with Gasteiger partial charge in [0.15, 0.2) is 0 Å². The van der Waals surface area contributed by atoms with Crippen LogP contribution in [0.4, 0.5) is 0 Å². The molecule has 0 radical (unpaired) electrons. The highest BCUT2D eigenvalue weighted by Crippen LogP contribution is 2.22. The Morgan fingerprint density at radius 3 is 2.29 bits per heavy atom. The maximum Gasteiger partial charge on any atom is 0.304 e. The van der Waals surface area contributed by atoms with Gasteiger partial charge in [-0.05, 0) is 19.3 Å². The third-order valence-corrected chi connectivity index (χ3v) is 1.86. The predicted molar refractivity (Wildman–Crippen MR) is 61.9 cm³/mol. The van der Waals surface area contributed by atoms with E-state index in [1.54, 1.807) is 0 Å². The molecule has 3 heteroatoms. The van der Waals surface area contributed by atoms with E-state index in [0.717, 1.165) is 5.57 Å². The number of rotatable bonds is 4. The van der Waals surface area contributed by atoms with Crippen LogP contribution in [0.25, 0.3) is 0 Å². The molecule has 0 aromatic carbocycles. The Hall–Kier alpha value is -0.760. The van der Waals surface area contributed by atoms with Crippen LogP contribution in [0.5, 0.6) is 0 Å². The maximum atomic E-state index is 10.5. The fraction of sp³-hybridized carbons (Fsp3) is 0.545. The van der Waals surface area contributed by atoms with E-state index < -0.39 is 5.97 Å². The van der Waals surface area contributed by atoms with Gasteiger partial charge in [-0.25, -0.2) is 0 Å². The van der Waals surface area contributed by atoms with Gasteiger partial charge in [0.05, 0.1) is 6.42 Å². The summed E-state index contributed by atoms with van der Waals surface area (Å²) in [5.74, 6) is -0.757. The summed E-state index contributed by atoms with van der Waals surface area (Å²) < 4.78 is 0. The summed E-state index contributed by atoms with van der Waals surface area (Å²) in [5.41, 5.74) is 0.884. The Morgan fingerprint density at radius 1 is 1.43 bits per heavy atom. The SMILES string of the molecule is CC=C(C)C=CC(C)(C)CC(=O)O.Cl. The molecule has 0 aromatic rings. The zero-order chi connectivity index (χ0) is 10.5. The van der Waals surface area contributed by atoms with Gasteiger partial charge in [-0.15, -0.1) is 12.4 Å². The summed E-state index contributed by atoms with van der Waals surface area (Å²) in [4.78, 5) is 10.5. The van der Waals surface area contributed by atoms with E-state index in [4.69, 9.17) is 5.11 Å². The van der Waals surface area contributed by atoms with Gasteiger partial charge in [-0.3, -0.25) is 4.79 Å². The summed E-state index contributed by atoms with van der Waals surface area (Å²) in [5, 5.41) is 8.62. The zero-order valence-electron chi connectivity index (χ0n) is 9.20. The Labute approximate surface area is 92.1 Å². The first-order valence-corrected chi connectivity index (χ1v) is 4.41. The van der Waals surface area contributed by atoms with Crippen LogP contribution in [0.1, 0.15) is 34.1 Å². The third-order valence-electron chi connectivity index (χ3n) is 1.86. The molecule has 2 nitrogen and oxygen atoms in total. The minimum Gasteiger partial charge on any atom is -0.481 e. The number of hydrogen-bond acceptors (Lipinski definition) is 1. The van der Waals surface area contributed by atoms with Crippen molar-refractivity contribution in [1.82, 2.24) is 0 Å². The minimum atomic E-state index is -0.757. The third kappa shape index (κ3) is 7.87. The quantitative estimate of drug-likeness (QED) is 0.735. The topological polar surface area (TPSA) is 37.3 Å². The van der Waals surface area contributed by atoms with Crippen LogP contribution in [0.15, 0.2) is 23.8 Å². The maximum absolute atomic E-state index is 10.5. The second-order valence-corrected chi connectivity index (χ2v) is 3.93. The van der Waals surface area contributed by atoms with E-state index in [9.17, 15) is 4.79 Å². The molecule has 0 amide bonds. The Morgan fingerprint density at radius 2 is 1.93 bits per heavy atom. The molecule has 0 saturated heterocycles. The Balaban J connectivity index is 0. The van der Waals surface area contributed by atoms with Gasteiger partial charge in [-0.1, -0.05) is 37.6 Å². The lowest BCUT2D eigenvalue weighted by Crippen LogP contribution is -2.13. The summed E-state index contributed by atoms with van der Waals surface area (Å²) in [7, 11) is 0. The van der Waals surface area contributed by atoms with Crippen LogP contribution in [-0.2, 0) is 4.79 Å². The summed E-state index contributed by atoms with van der Waals surface area (Å²) in [6.45, 7) is 7.79. The number of carbonyl (C=O) groups is 1. The molecule has 0 rings (SSSR count). The molecule has 0 aliphatic heterocycles. The number of aliphatic carboxylic acids is 1. The lowest BCUT2D eigenvalue weighted by Gasteiger charge is -2.16. The lowest BCUT2D eigenvalue weighted by atomic mass is 9.88. The number of carboxylic acids is 1. The van der Waals surface area contributed by atoms with Crippen LogP contribution in [0.2, 0.25) is 0 Å². The number of carboxylic acid groups (broad SMARTS) is 1. The first kappa shape index (κ1) is 15.7. The highest BCUT2D eigenvalue weighted by atomic mass is 35.5. The van der Waals surface area contributed by atoms with E-state index in [0.29, 0.717) is 0 Å². The minimum absolute atomic E-state index is 0. The molecular formula is C11H19ClO2. The molecule has 0 aromatic heterocycles. The van der Waals surface area contributed by atoms with Crippen molar-refractivity contribution in [2.75, 3.05) is 0 Å². The van der Waals surface area contributed by atoms with Crippen LogP contribution in [0, 0.1) is 5.41 Å². The van der Waals surface area contributed by atoms with Gasteiger partial charge in [0.1, 0.15) is 0 Å².